The number of hydrogen-bond donors (Lipinski definition) is 1. The van der Waals surface area contributed by atoms with Gasteiger partial charge in [-0.25, -0.2) is 9.18 Å². The Balaban J connectivity index is 2.02. The Morgan fingerprint density at radius 2 is 1.67 bits per heavy atom. The second-order valence-corrected chi connectivity index (χ2v) is 6.52. The number of hydrogen-bond acceptors (Lipinski definition) is 3. The maximum absolute atomic E-state index is 12.9. The molecule has 0 aliphatic carbocycles. The van der Waals surface area contributed by atoms with Crippen LogP contribution in [0.3, 0.4) is 0 Å². The summed E-state index contributed by atoms with van der Waals surface area (Å²) in [5.41, 5.74) is 1.60. The van der Waals surface area contributed by atoms with E-state index in [1.807, 2.05) is 24.3 Å². The van der Waals surface area contributed by atoms with Crippen molar-refractivity contribution in [3.05, 3.63) is 69.0 Å². The zero-order chi connectivity index (χ0) is 17.5. The molecule has 2 aromatic carbocycles. The first-order valence-corrected chi connectivity index (χ1v) is 8.42. The molecule has 0 saturated heterocycles. The molecule has 4 nitrogen and oxygen atoms in total. The van der Waals surface area contributed by atoms with Crippen LogP contribution in [-0.2, 0) is 27.2 Å². The summed E-state index contributed by atoms with van der Waals surface area (Å²) in [4.78, 5) is 24.1. The maximum atomic E-state index is 12.9. The van der Waals surface area contributed by atoms with E-state index >= 15 is 0 Å². The van der Waals surface area contributed by atoms with Gasteiger partial charge in [0, 0.05) is 9.99 Å². The second kappa shape index (κ2) is 8.77. The van der Waals surface area contributed by atoms with Crippen molar-refractivity contribution < 1.29 is 18.7 Å². The highest BCUT2D eigenvalue weighted by atomic mass is 127. The fourth-order valence-electron chi connectivity index (χ4n) is 2.22. The van der Waals surface area contributed by atoms with E-state index in [-0.39, 0.29) is 18.1 Å². The third-order valence-corrected chi connectivity index (χ3v) is 4.17. The number of amides is 1. The first-order chi connectivity index (χ1) is 11.5. The fourth-order valence-corrected chi connectivity index (χ4v) is 2.58. The number of methoxy groups -OCH3 is 1. The minimum absolute atomic E-state index is 0.0699. The van der Waals surface area contributed by atoms with Crippen LogP contribution >= 0.6 is 22.6 Å². The molecule has 6 heteroatoms. The van der Waals surface area contributed by atoms with Gasteiger partial charge in [-0.05, 0) is 58.0 Å². The van der Waals surface area contributed by atoms with Crippen LogP contribution in [0.5, 0.6) is 0 Å². The van der Waals surface area contributed by atoms with E-state index in [9.17, 15) is 14.0 Å². The van der Waals surface area contributed by atoms with Gasteiger partial charge in [0.2, 0.25) is 5.91 Å². The zero-order valence-corrected chi connectivity index (χ0v) is 15.2. The Morgan fingerprint density at radius 1 is 1.08 bits per heavy atom. The Labute approximate surface area is 153 Å². The molecule has 1 atom stereocenters. The molecule has 0 aliphatic rings. The molecule has 2 aromatic rings. The molecule has 1 N–H and O–H groups in total. The van der Waals surface area contributed by atoms with Crippen molar-refractivity contribution in [2.45, 2.75) is 18.9 Å². The number of carbonyl (C=O) groups excluding carboxylic acids is 2. The summed E-state index contributed by atoms with van der Waals surface area (Å²) in [6, 6.07) is 12.6. The molecule has 2 rings (SSSR count). The van der Waals surface area contributed by atoms with E-state index in [4.69, 9.17) is 4.74 Å². The van der Waals surface area contributed by atoms with Gasteiger partial charge in [-0.3, -0.25) is 4.79 Å². The highest BCUT2D eigenvalue weighted by Gasteiger charge is 2.22. The van der Waals surface area contributed by atoms with Gasteiger partial charge in [-0.2, -0.15) is 0 Å². The topological polar surface area (TPSA) is 55.4 Å². The molecular weight excluding hydrogens is 424 g/mol. The lowest BCUT2D eigenvalue weighted by Gasteiger charge is -2.17. The van der Waals surface area contributed by atoms with Gasteiger partial charge in [0.15, 0.2) is 0 Å². The van der Waals surface area contributed by atoms with Crippen molar-refractivity contribution >= 4 is 34.5 Å². The third-order valence-electron chi connectivity index (χ3n) is 3.45. The van der Waals surface area contributed by atoms with Gasteiger partial charge in [0.25, 0.3) is 0 Å². The van der Waals surface area contributed by atoms with Crippen LogP contribution in [0.4, 0.5) is 4.39 Å². The number of rotatable bonds is 6. The molecule has 0 aliphatic heterocycles. The summed E-state index contributed by atoms with van der Waals surface area (Å²) in [7, 11) is 1.29. The summed E-state index contributed by atoms with van der Waals surface area (Å²) >= 11 is 2.20. The predicted octanol–water partition coefficient (Wildman–Crippen LogP) is 2.87. The van der Waals surface area contributed by atoms with Crippen LogP contribution in [0.25, 0.3) is 0 Å². The highest BCUT2D eigenvalue weighted by molar-refractivity contribution is 14.1. The van der Waals surface area contributed by atoms with Gasteiger partial charge in [-0.15, -0.1) is 0 Å². The molecule has 0 aromatic heterocycles. The predicted molar refractivity (Wildman–Crippen MR) is 96.9 cm³/mol. The van der Waals surface area contributed by atoms with Crippen molar-refractivity contribution in [1.82, 2.24) is 5.32 Å². The van der Waals surface area contributed by atoms with Crippen molar-refractivity contribution in [1.29, 1.82) is 0 Å². The van der Waals surface area contributed by atoms with Crippen LogP contribution in [0, 0.1) is 9.39 Å². The van der Waals surface area contributed by atoms with Gasteiger partial charge in [-0.1, -0.05) is 24.3 Å². The van der Waals surface area contributed by atoms with Crippen LogP contribution < -0.4 is 5.32 Å². The maximum Gasteiger partial charge on any atom is 0.328 e. The first kappa shape index (κ1) is 18.4. The average Bonchev–Trinajstić information content (AvgIpc) is 2.57. The summed E-state index contributed by atoms with van der Waals surface area (Å²) in [5, 5.41) is 2.68. The van der Waals surface area contributed by atoms with Gasteiger partial charge < -0.3 is 10.1 Å². The van der Waals surface area contributed by atoms with Crippen LogP contribution in [0.1, 0.15) is 11.1 Å². The molecule has 0 fully saturated rings. The van der Waals surface area contributed by atoms with Crippen molar-refractivity contribution in [3.63, 3.8) is 0 Å². The second-order valence-electron chi connectivity index (χ2n) is 5.28. The molecule has 24 heavy (non-hydrogen) atoms. The first-order valence-electron chi connectivity index (χ1n) is 7.34. The number of benzene rings is 2. The molecule has 0 unspecified atom stereocenters. The van der Waals surface area contributed by atoms with Gasteiger partial charge >= 0.3 is 5.97 Å². The highest BCUT2D eigenvalue weighted by Crippen LogP contribution is 2.10. The SMILES string of the molecule is COC(=O)[C@@H](Cc1ccc(I)cc1)NC(=O)Cc1ccc(F)cc1. The number of halogens is 2. The summed E-state index contributed by atoms with van der Waals surface area (Å²) in [6.45, 7) is 0. The van der Waals surface area contributed by atoms with E-state index < -0.39 is 12.0 Å². The molecule has 1 amide bonds. The Hall–Kier alpha value is -1.96. The lowest BCUT2D eigenvalue weighted by Crippen LogP contribution is -2.43. The van der Waals surface area contributed by atoms with E-state index in [0.717, 1.165) is 9.13 Å². The minimum Gasteiger partial charge on any atom is -0.467 e. The van der Waals surface area contributed by atoms with Gasteiger partial charge in [0.05, 0.1) is 13.5 Å². The summed E-state index contributed by atoms with van der Waals surface area (Å²) in [5.74, 6) is -1.17. The average molecular weight is 441 g/mol. The van der Waals surface area contributed by atoms with E-state index in [2.05, 4.69) is 27.9 Å². The number of esters is 1. The lowest BCUT2D eigenvalue weighted by atomic mass is 10.1. The molecule has 0 radical (unpaired) electrons. The minimum atomic E-state index is -0.761. The summed E-state index contributed by atoms with van der Waals surface area (Å²) in [6.07, 6.45) is 0.416. The van der Waals surface area contributed by atoms with Gasteiger partial charge in [0.1, 0.15) is 11.9 Å². The molecule has 0 heterocycles. The van der Waals surface area contributed by atoms with Crippen molar-refractivity contribution in [3.8, 4) is 0 Å². The van der Waals surface area contributed by atoms with Crippen LogP contribution in [0.15, 0.2) is 48.5 Å². The van der Waals surface area contributed by atoms with Crippen LogP contribution in [-0.4, -0.2) is 25.0 Å². The van der Waals surface area contributed by atoms with Crippen molar-refractivity contribution in [2.75, 3.05) is 7.11 Å². The van der Waals surface area contributed by atoms with E-state index in [0.29, 0.717) is 12.0 Å². The smallest absolute Gasteiger partial charge is 0.328 e. The molecule has 0 spiro atoms. The normalized spacial score (nSPS) is 11.6. The standard InChI is InChI=1S/C18H17FINO3/c1-24-18(23)16(10-12-4-8-15(20)9-5-12)21-17(22)11-13-2-6-14(19)7-3-13/h2-9,16H,10-11H2,1H3,(H,21,22)/t16-/m1/s1. The monoisotopic (exact) mass is 441 g/mol. The lowest BCUT2D eigenvalue weighted by molar-refractivity contribution is -0.145. The third kappa shape index (κ3) is 5.59. The van der Waals surface area contributed by atoms with Crippen LogP contribution in [0.2, 0.25) is 0 Å². The van der Waals surface area contributed by atoms with E-state index in [1.54, 1.807) is 12.1 Å². The Morgan fingerprint density at radius 3 is 2.25 bits per heavy atom. The number of ether oxygens (including phenoxy) is 1. The number of carbonyl (C=O) groups is 2. The largest absolute Gasteiger partial charge is 0.467 e. The molecule has 126 valence electrons. The Bertz CT molecular complexity index is 701. The fraction of sp³-hybridized carbons (Fsp3) is 0.222. The number of nitrogens with one attached hydrogen (secondary N) is 1. The Kier molecular flexibility index (Phi) is 6.72. The van der Waals surface area contributed by atoms with E-state index in [1.165, 1.54) is 19.2 Å². The molecular formula is C18H17FINO3. The zero-order valence-electron chi connectivity index (χ0n) is 13.1. The quantitative estimate of drug-likeness (QED) is 0.554. The van der Waals surface area contributed by atoms with Crippen molar-refractivity contribution in [2.24, 2.45) is 0 Å². The molecule has 0 bridgehead atoms. The summed E-state index contributed by atoms with van der Waals surface area (Å²) < 4.78 is 18.8. The molecule has 0 saturated carbocycles.